The molecule has 0 heterocycles. The van der Waals surface area contributed by atoms with Crippen molar-refractivity contribution in [1.82, 2.24) is 0 Å². The van der Waals surface area contributed by atoms with Crippen LogP contribution in [0.4, 0.5) is 0 Å². The predicted molar refractivity (Wildman–Crippen MR) is 346 cm³/mol. The Hall–Kier alpha value is 15.5. The van der Waals surface area contributed by atoms with Crippen molar-refractivity contribution in [3.63, 3.8) is 0 Å². The molecule has 5 aromatic rings. The molecule has 0 spiro atoms. The molecule has 72 heavy (non-hydrogen) atoms. The molecule has 5 aromatic carbocycles. The number of aliphatic carboxylic acids is 5. The molecule has 0 fully saturated rings. The summed E-state index contributed by atoms with van der Waals surface area (Å²) in [6.07, 6.45) is 0.560. The fourth-order valence-electron chi connectivity index (χ4n) is 3.85. The van der Waals surface area contributed by atoms with Gasteiger partial charge in [-0.1, -0.05) is 152 Å². The monoisotopic (exact) mass is 1210 g/mol. The van der Waals surface area contributed by atoms with E-state index in [2.05, 4.69) is 0 Å². The number of hydrogen-bond acceptors (Lipinski definition) is 5. The Balaban J connectivity index is -0.0000000202. The van der Waals surface area contributed by atoms with Gasteiger partial charge in [-0.2, -0.15) is 0 Å². The van der Waals surface area contributed by atoms with E-state index in [-0.39, 0.29) is 682 Å². The Morgan fingerprint density at radius 3 is 0.347 bits per heavy atom. The molecule has 304 valence electrons. The average molecular weight is 1210 g/mol. The van der Waals surface area contributed by atoms with Crippen LogP contribution in [-0.4, -0.2) is 706 Å². The molecular weight excluding hydrogens is 1150 g/mol. The number of hydrogen-bond donors (Lipinski definition) is 5. The van der Waals surface area contributed by atoms with Gasteiger partial charge in [0.15, 0.2) is 0 Å². The third kappa shape index (κ3) is 107. The molecule has 10 nitrogen and oxygen atoms in total. The number of carboxylic acids is 5. The fourth-order valence-corrected chi connectivity index (χ4v) is 3.85. The van der Waals surface area contributed by atoms with Crippen molar-refractivity contribution >= 4 is 680 Å². The molecule has 0 bridgehead atoms. The van der Waals surface area contributed by atoms with Crippen molar-refractivity contribution in [3.8, 4) is 0 Å². The summed E-state index contributed by atoms with van der Waals surface area (Å²) < 4.78 is 0. The van der Waals surface area contributed by atoms with Gasteiger partial charge < -0.3 is 25.5 Å². The molecule has 0 radical (unpaired) electrons. The van der Waals surface area contributed by atoms with E-state index < -0.39 is 29.8 Å². The third-order valence-electron chi connectivity index (χ3n) is 5.99. The normalized spacial score (nSPS) is 6.39. The summed E-state index contributed by atoms with van der Waals surface area (Å²) in [7, 11) is 0. The second-order valence-corrected chi connectivity index (χ2v) is 10.3. The third-order valence-corrected chi connectivity index (χ3v) is 5.99. The zero-order chi connectivity index (χ0) is 37.0. The molecule has 0 aliphatic heterocycles. The van der Waals surface area contributed by atoms with Crippen LogP contribution >= 0.6 is 0 Å². The van der Waals surface area contributed by atoms with E-state index in [0.717, 1.165) is 27.8 Å². The van der Waals surface area contributed by atoms with E-state index in [1.807, 2.05) is 91.0 Å². The summed E-state index contributed by atoms with van der Waals surface area (Å²) in [6.45, 7) is 0. The molecular formula is C40H62Na22O10. The summed E-state index contributed by atoms with van der Waals surface area (Å²) in [5.41, 5.74) is 4.21. The second-order valence-electron chi connectivity index (χ2n) is 10.3. The van der Waals surface area contributed by atoms with Gasteiger partial charge in [-0.25, -0.2) is 0 Å². The van der Waals surface area contributed by atoms with Gasteiger partial charge in [-0.15, -0.1) is 0 Å². The Bertz CT molecular complexity index is 1440. The summed E-state index contributed by atoms with van der Waals surface area (Å²) in [5, 5.41) is 41.8. The van der Waals surface area contributed by atoms with Crippen LogP contribution in [-0.2, 0) is 56.1 Å². The second kappa shape index (κ2) is 111. The van der Waals surface area contributed by atoms with Gasteiger partial charge in [-0.05, 0) is 27.8 Å². The van der Waals surface area contributed by atoms with E-state index >= 15 is 0 Å². The summed E-state index contributed by atoms with van der Waals surface area (Å²) >= 11 is 0. The van der Waals surface area contributed by atoms with Gasteiger partial charge in [0.25, 0.3) is 0 Å². The van der Waals surface area contributed by atoms with Gasteiger partial charge in [-0.3, -0.25) is 24.0 Å². The first-order chi connectivity index (χ1) is 23.9. The van der Waals surface area contributed by atoms with E-state index in [9.17, 15) is 24.0 Å². The van der Waals surface area contributed by atoms with E-state index in [1.165, 1.54) is 0 Å². The molecule has 0 saturated heterocycles. The fraction of sp³-hybridized carbons (Fsp3) is 0.125. The Morgan fingerprint density at radius 2 is 0.278 bits per heavy atom. The van der Waals surface area contributed by atoms with Gasteiger partial charge in [0, 0.05) is 0 Å². The zero-order valence-electron chi connectivity index (χ0n) is 27.2. The zero-order valence-corrected chi connectivity index (χ0v) is 27.2. The Labute approximate surface area is 915 Å². The topological polar surface area (TPSA) is 186 Å². The summed E-state index contributed by atoms with van der Waals surface area (Å²) in [5.74, 6) is -3.93. The standard InChI is InChI=1S/5C8H8O2.22Na.22H/c5*9-8(10)6-7-4-2-1-3-5-7;;;;;;;;;;;;;;;;;;;;;;;;;;;;;;;;;;;;;;;;;;;;/h5*1-5H,6H2,(H,9,10);;;;;;;;;;;;;;;;;;;;;;;;;;;;;;;;;;;;;;;;;;;;. The van der Waals surface area contributed by atoms with Crippen LogP contribution in [0, 0.1) is 0 Å². The van der Waals surface area contributed by atoms with Crippen LogP contribution in [0.25, 0.3) is 0 Å². The molecule has 0 saturated carbocycles. The number of rotatable bonds is 10. The van der Waals surface area contributed by atoms with Crippen LogP contribution in [0.15, 0.2) is 152 Å². The van der Waals surface area contributed by atoms with Crippen LogP contribution in [0.3, 0.4) is 0 Å². The molecule has 0 atom stereocenters. The van der Waals surface area contributed by atoms with E-state index in [1.54, 1.807) is 60.7 Å². The number of benzene rings is 5. The van der Waals surface area contributed by atoms with Crippen molar-refractivity contribution in [2.45, 2.75) is 32.1 Å². The minimum absolute atomic E-state index is 0. The first kappa shape index (κ1) is 153. The molecule has 0 amide bonds. The maximum atomic E-state index is 10.2. The van der Waals surface area contributed by atoms with Crippen LogP contribution in [0.1, 0.15) is 27.8 Å². The van der Waals surface area contributed by atoms with Crippen molar-refractivity contribution in [3.05, 3.63) is 179 Å². The van der Waals surface area contributed by atoms with Crippen LogP contribution in [0.2, 0.25) is 0 Å². The molecule has 32 heteroatoms. The summed E-state index contributed by atoms with van der Waals surface area (Å²) in [6, 6.07) is 45.6. The summed E-state index contributed by atoms with van der Waals surface area (Å²) in [4.78, 5) is 50.8. The minimum atomic E-state index is -0.786. The van der Waals surface area contributed by atoms with Gasteiger partial charge >= 0.3 is 680 Å². The maximum absolute atomic E-state index is 10.2. The number of carboxylic acid groups (broad SMARTS) is 5. The van der Waals surface area contributed by atoms with Crippen molar-refractivity contribution in [2.24, 2.45) is 0 Å². The molecule has 5 rings (SSSR count). The van der Waals surface area contributed by atoms with Gasteiger partial charge in [0.05, 0.1) is 32.1 Å². The molecule has 0 aliphatic carbocycles. The van der Waals surface area contributed by atoms with Crippen LogP contribution < -0.4 is 0 Å². The first-order valence-electron chi connectivity index (χ1n) is 15.2. The quantitative estimate of drug-likeness (QED) is 0.0843. The van der Waals surface area contributed by atoms with Crippen molar-refractivity contribution in [2.75, 3.05) is 0 Å². The van der Waals surface area contributed by atoms with E-state index in [0.29, 0.717) is 0 Å². The van der Waals surface area contributed by atoms with Gasteiger partial charge in [0.1, 0.15) is 0 Å². The number of carbonyl (C=O) groups is 5. The van der Waals surface area contributed by atoms with Gasteiger partial charge in [0.2, 0.25) is 0 Å². The molecule has 0 unspecified atom stereocenters. The van der Waals surface area contributed by atoms with E-state index in [4.69, 9.17) is 25.5 Å². The first-order valence-corrected chi connectivity index (χ1v) is 15.2. The SMILES string of the molecule is O=C(O)Cc1ccccc1.O=C(O)Cc1ccccc1.O=C(O)Cc1ccccc1.O=C(O)Cc1ccccc1.O=C(O)Cc1ccccc1.[NaH].[NaH].[NaH].[NaH].[NaH].[NaH].[NaH].[NaH].[NaH].[NaH].[NaH].[NaH].[NaH].[NaH].[NaH].[NaH].[NaH].[NaH].[NaH].[NaH].[NaH].[NaH]. The predicted octanol–water partition coefficient (Wildman–Crippen LogP) is -7.70. The average Bonchev–Trinajstić information content (AvgIpc) is 3.07. The molecule has 0 aliphatic rings. The molecule has 0 aromatic heterocycles. The Kier molecular flexibility index (Phi) is 235. The van der Waals surface area contributed by atoms with Crippen molar-refractivity contribution < 1.29 is 49.5 Å². The van der Waals surface area contributed by atoms with Crippen LogP contribution in [0.5, 0.6) is 0 Å². The Morgan fingerprint density at radius 1 is 0.194 bits per heavy atom. The van der Waals surface area contributed by atoms with Crippen molar-refractivity contribution in [1.29, 1.82) is 0 Å². The molecule has 5 N–H and O–H groups in total.